The Hall–Kier alpha value is -2.04. The molecule has 4 heteroatoms. The molecular formula is C15H18N2O2. The first-order chi connectivity index (χ1) is 9.24. The van der Waals surface area contributed by atoms with E-state index in [9.17, 15) is 0 Å². The van der Waals surface area contributed by atoms with E-state index in [1.54, 1.807) is 0 Å². The summed E-state index contributed by atoms with van der Waals surface area (Å²) in [6.07, 6.45) is 0. The summed E-state index contributed by atoms with van der Waals surface area (Å²) in [5.41, 5.74) is 14.9. The highest BCUT2D eigenvalue weighted by atomic mass is 16.7. The van der Waals surface area contributed by atoms with Crippen molar-refractivity contribution in [3.05, 3.63) is 59.7 Å². The molecule has 4 nitrogen and oxygen atoms in total. The van der Waals surface area contributed by atoms with E-state index in [0.717, 1.165) is 22.5 Å². The lowest BCUT2D eigenvalue weighted by atomic mass is 10.2. The average molecular weight is 258 g/mol. The third kappa shape index (κ3) is 4.62. The van der Waals surface area contributed by atoms with Gasteiger partial charge in [-0.15, -0.1) is 0 Å². The van der Waals surface area contributed by atoms with Gasteiger partial charge in [0.25, 0.3) is 0 Å². The minimum Gasteiger partial charge on any atom is -0.399 e. The molecule has 2 aromatic carbocycles. The second kappa shape index (κ2) is 6.78. The Morgan fingerprint density at radius 2 is 1.00 bits per heavy atom. The topological polar surface area (TPSA) is 70.5 Å². The molecular weight excluding hydrogens is 240 g/mol. The third-order valence-electron chi connectivity index (χ3n) is 2.66. The third-order valence-corrected chi connectivity index (χ3v) is 2.66. The lowest BCUT2D eigenvalue weighted by Gasteiger charge is -2.06. The molecule has 0 amide bonds. The second-order valence-corrected chi connectivity index (χ2v) is 4.30. The van der Waals surface area contributed by atoms with Gasteiger partial charge in [0.1, 0.15) is 6.79 Å². The van der Waals surface area contributed by atoms with E-state index in [0.29, 0.717) is 13.2 Å². The zero-order valence-electron chi connectivity index (χ0n) is 10.7. The number of benzene rings is 2. The average Bonchev–Trinajstić information content (AvgIpc) is 2.43. The van der Waals surface area contributed by atoms with Gasteiger partial charge >= 0.3 is 0 Å². The summed E-state index contributed by atoms with van der Waals surface area (Å²) in [5.74, 6) is 0. The molecule has 0 fully saturated rings. The van der Waals surface area contributed by atoms with Gasteiger partial charge in [0.2, 0.25) is 0 Å². The van der Waals surface area contributed by atoms with Crippen LogP contribution in [-0.2, 0) is 22.7 Å². The van der Waals surface area contributed by atoms with Gasteiger partial charge in [-0.2, -0.15) is 0 Å². The fourth-order valence-corrected chi connectivity index (χ4v) is 1.61. The highest BCUT2D eigenvalue weighted by molar-refractivity contribution is 5.39. The zero-order chi connectivity index (χ0) is 13.5. The number of nitrogens with two attached hydrogens (primary N) is 2. The monoisotopic (exact) mass is 258 g/mol. The minimum atomic E-state index is 0.259. The Kier molecular flexibility index (Phi) is 4.78. The maximum absolute atomic E-state index is 5.60. The molecule has 0 saturated heterocycles. The van der Waals surface area contributed by atoms with Gasteiger partial charge in [0.15, 0.2) is 0 Å². The molecule has 0 saturated carbocycles. The number of rotatable bonds is 6. The highest BCUT2D eigenvalue weighted by Gasteiger charge is 1.95. The summed E-state index contributed by atoms with van der Waals surface area (Å²) in [7, 11) is 0. The van der Waals surface area contributed by atoms with Gasteiger partial charge in [-0.3, -0.25) is 0 Å². The van der Waals surface area contributed by atoms with E-state index in [1.165, 1.54) is 0 Å². The van der Waals surface area contributed by atoms with Crippen LogP contribution < -0.4 is 11.5 Å². The van der Waals surface area contributed by atoms with E-state index in [4.69, 9.17) is 20.9 Å². The fourth-order valence-electron chi connectivity index (χ4n) is 1.61. The van der Waals surface area contributed by atoms with Crippen LogP contribution >= 0.6 is 0 Å². The summed E-state index contributed by atoms with van der Waals surface area (Å²) >= 11 is 0. The minimum absolute atomic E-state index is 0.259. The van der Waals surface area contributed by atoms with Crippen molar-refractivity contribution in [1.82, 2.24) is 0 Å². The summed E-state index contributed by atoms with van der Waals surface area (Å²) in [6, 6.07) is 15.2. The predicted octanol–water partition coefficient (Wildman–Crippen LogP) is 2.54. The lowest BCUT2D eigenvalue weighted by molar-refractivity contribution is -0.0689. The highest BCUT2D eigenvalue weighted by Crippen LogP contribution is 2.08. The largest absolute Gasteiger partial charge is 0.399 e. The van der Waals surface area contributed by atoms with Crippen LogP contribution in [0.4, 0.5) is 11.4 Å². The molecule has 0 spiro atoms. The Labute approximate surface area is 112 Å². The van der Waals surface area contributed by atoms with Crippen molar-refractivity contribution < 1.29 is 9.47 Å². The first kappa shape index (κ1) is 13.4. The van der Waals surface area contributed by atoms with Crippen LogP contribution in [0.3, 0.4) is 0 Å². The van der Waals surface area contributed by atoms with Gasteiger partial charge in [-0.25, -0.2) is 0 Å². The maximum Gasteiger partial charge on any atom is 0.147 e. The van der Waals surface area contributed by atoms with E-state index >= 15 is 0 Å². The molecule has 0 aromatic heterocycles. The molecule has 0 heterocycles. The van der Waals surface area contributed by atoms with Gasteiger partial charge in [-0.05, 0) is 35.4 Å². The summed E-state index contributed by atoms with van der Waals surface area (Å²) in [4.78, 5) is 0. The second-order valence-electron chi connectivity index (χ2n) is 4.30. The smallest absolute Gasteiger partial charge is 0.147 e. The first-order valence-corrected chi connectivity index (χ1v) is 6.08. The fraction of sp³-hybridized carbons (Fsp3) is 0.200. The van der Waals surface area contributed by atoms with Crippen LogP contribution in [0, 0.1) is 0 Å². The van der Waals surface area contributed by atoms with Gasteiger partial charge < -0.3 is 20.9 Å². The van der Waals surface area contributed by atoms with Crippen LogP contribution in [0.5, 0.6) is 0 Å². The predicted molar refractivity (Wildman–Crippen MR) is 76.2 cm³/mol. The Bertz CT molecular complexity index is 447. The summed E-state index contributed by atoms with van der Waals surface area (Å²) < 4.78 is 10.8. The van der Waals surface area contributed by atoms with Crippen molar-refractivity contribution in [1.29, 1.82) is 0 Å². The summed E-state index contributed by atoms with van der Waals surface area (Å²) in [5, 5.41) is 0. The molecule has 2 aromatic rings. The zero-order valence-corrected chi connectivity index (χ0v) is 10.7. The van der Waals surface area contributed by atoms with E-state index in [2.05, 4.69) is 0 Å². The Balaban J connectivity index is 1.64. The van der Waals surface area contributed by atoms with Crippen molar-refractivity contribution in [2.45, 2.75) is 13.2 Å². The van der Waals surface area contributed by atoms with Gasteiger partial charge in [-0.1, -0.05) is 24.3 Å². The molecule has 0 unspecified atom stereocenters. The molecule has 19 heavy (non-hydrogen) atoms. The van der Waals surface area contributed by atoms with Crippen LogP contribution in [-0.4, -0.2) is 6.79 Å². The molecule has 2 rings (SSSR count). The molecule has 0 atom stereocenters. The molecule has 0 bridgehead atoms. The van der Waals surface area contributed by atoms with Crippen LogP contribution in [0.1, 0.15) is 11.1 Å². The molecule has 0 radical (unpaired) electrons. The van der Waals surface area contributed by atoms with Crippen molar-refractivity contribution in [2.24, 2.45) is 0 Å². The van der Waals surface area contributed by atoms with Crippen LogP contribution in [0.2, 0.25) is 0 Å². The number of hydrogen-bond acceptors (Lipinski definition) is 4. The van der Waals surface area contributed by atoms with Crippen molar-refractivity contribution in [3.63, 3.8) is 0 Å². The Morgan fingerprint density at radius 1 is 0.632 bits per heavy atom. The normalized spacial score (nSPS) is 10.5. The molecule has 0 aliphatic rings. The number of nitrogen functional groups attached to an aromatic ring is 2. The van der Waals surface area contributed by atoms with Crippen LogP contribution in [0.15, 0.2) is 48.5 Å². The quantitative estimate of drug-likeness (QED) is 0.474. The van der Waals surface area contributed by atoms with Crippen LogP contribution in [0.25, 0.3) is 0 Å². The van der Waals surface area contributed by atoms with E-state index in [-0.39, 0.29) is 6.79 Å². The molecule has 0 aliphatic carbocycles. The Morgan fingerprint density at radius 3 is 1.37 bits per heavy atom. The number of hydrogen-bond donors (Lipinski definition) is 2. The van der Waals surface area contributed by atoms with Gasteiger partial charge in [0.05, 0.1) is 13.2 Å². The summed E-state index contributed by atoms with van der Waals surface area (Å²) in [6.45, 7) is 1.29. The number of ether oxygens (including phenoxy) is 2. The molecule has 100 valence electrons. The molecule has 0 aliphatic heterocycles. The maximum atomic E-state index is 5.60. The van der Waals surface area contributed by atoms with Crippen molar-refractivity contribution in [2.75, 3.05) is 18.3 Å². The van der Waals surface area contributed by atoms with Gasteiger partial charge in [0, 0.05) is 11.4 Å². The van der Waals surface area contributed by atoms with Crippen molar-refractivity contribution in [3.8, 4) is 0 Å². The SMILES string of the molecule is Nc1ccc(COCOCc2ccc(N)cc2)cc1. The standard InChI is InChI=1S/C15H18N2O2/c16-14-5-1-12(2-6-14)9-18-11-19-10-13-3-7-15(17)8-4-13/h1-8H,9-11,16-17H2. The molecule has 4 N–H and O–H groups in total. The lowest BCUT2D eigenvalue weighted by Crippen LogP contribution is -2.01. The van der Waals surface area contributed by atoms with Crippen molar-refractivity contribution >= 4 is 11.4 Å². The number of anilines is 2. The van der Waals surface area contributed by atoms with E-state index < -0.39 is 0 Å². The first-order valence-electron chi connectivity index (χ1n) is 6.08. The van der Waals surface area contributed by atoms with E-state index in [1.807, 2.05) is 48.5 Å².